The highest BCUT2D eigenvalue weighted by Gasteiger charge is 2.37. The molecule has 0 radical (unpaired) electrons. The number of carbonyl (C=O) groups is 1. The fourth-order valence-corrected chi connectivity index (χ4v) is 2.78. The lowest BCUT2D eigenvalue weighted by Gasteiger charge is -2.17. The molecule has 1 N–H and O–H groups in total. The Bertz CT molecular complexity index is 769. The van der Waals surface area contributed by atoms with Crippen molar-refractivity contribution in [3.8, 4) is 5.88 Å². The number of hydrogen-bond acceptors (Lipinski definition) is 6. The molecule has 2 atom stereocenters. The number of nitrogens with zero attached hydrogens (tertiary/aromatic N) is 2. The molecule has 2 heterocycles. The fraction of sp³-hybridized carbons (Fsp3) is 0.400. The SMILES string of the molecule is COC(=O)[C@@H]1C[C@@H](Oc2nc3ccccc3nc2C(F)(F)Br)CN1. The number of esters is 1. The minimum absolute atomic E-state index is 0.257. The van der Waals surface area contributed by atoms with Gasteiger partial charge in [-0.25, -0.2) is 9.97 Å². The van der Waals surface area contributed by atoms with Crippen LogP contribution in [0, 0.1) is 0 Å². The number of hydrogen-bond donors (Lipinski definition) is 1. The number of para-hydroxylation sites is 2. The first-order valence-corrected chi connectivity index (χ1v) is 7.99. The van der Waals surface area contributed by atoms with Crippen LogP contribution >= 0.6 is 15.9 Å². The van der Waals surface area contributed by atoms with Crippen LogP contribution < -0.4 is 10.1 Å². The van der Waals surface area contributed by atoms with E-state index in [0.717, 1.165) is 0 Å². The summed E-state index contributed by atoms with van der Waals surface area (Å²) in [6.45, 7) is 0.321. The Hall–Kier alpha value is -1.87. The van der Waals surface area contributed by atoms with Gasteiger partial charge in [0.25, 0.3) is 0 Å². The number of aromatic nitrogens is 2. The van der Waals surface area contributed by atoms with E-state index in [4.69, 9.17) is 4.74 Å². The van der Waals surface area contributed by atoms with E-state index in [1.807, 2.05) is 0 Å². The Morgan fingerprint density at radius 3 is 2.62 bits per heavy atom. The van der Waals surface area contributed by atoms with Crippen LogP contribution in [0.25, 0.3) is 11.0 Å². The predicted molar refractivity (Wildman–Crippen MR) is 85.2 cm³/mol. The first-order valence-electron chi connectivity index (χ1n) is 7.20. The molecule has 24 heavy (non-hydrogen) atoms. The van der Waals surface area contributed by atoms with Crippen molar-refractivity contribution < 1.29 is 23.0 Å². The Morgan fingerprint density at radius 1 is 1.33 bits per heavy atom. The molecule has 2 aromatic rings. The van der Waals surface area contributed by atoms with Gasteiger partial charge in [-0.15, -0.1) is 0 Å². The number of rotatable bonds is 4. The van der Waals surface area contributed by atoms with E-state index in [1.165, 1.54) is 7.11 Å². The van der Waals surface area contributed by atoms with Crippen molar-refractivity contribution in [3.63, 3.8) is 0 Å². The Labute approximate surface area is 144 Å². The van der Waals surface area contributed by atoms with E-state index in [1.54, 1.807) is 24.3 Å². The third-order valence-corrected chi connectivity index (χ3v) is 4.04. The largest absolute Gasteiger partial charge is 0.471 e. The molecular weight excluding hydrogens is 388 g/mol. The summed E-state index contributed by atoms with van der Waals surface area (Å²) in [5.74, 6) is -0.676. The molecule has 1 aromatic heterocycles. The molecule has 6 nitrogen and oxygen atoms in total. The summed E-state index contributed by atoms with van der Waals surface area (Å²) in [5, 5.41) is 2.93. The molecular formula is C15H14BrF2N3O3. The minimum atomic E-state index is -3.38. The number of halogens is 3. The summed E-state index contributed by atoms with van der Waals surface area (Å²) < 4.78 is 37.9. The normalized spacial score (nSPS) is 21.0. The van der Waals surface area contributed by atoms with Gasteiger partial charge in [0, 0.05) is 13.0 Å². The molecule has 128 valence electrons. The molecule has 1 fully saturated rings. The van der Waals surface area contributed by atoms with Gasteiger partial charge in [0.2, 0.25) is 5.88 Å². The number of fused-ring (bicyclic) bond motifs is 1. The highest BCUT2D eigenvalue weighted by Crippen LogP contribution is 2.39. The molecule has 0 aliphatic carbocycles. The highest BCUT2D eigenvalue weighted by atomic mass is 79.9. The van der Waals surface area contributed by atoms with Crippen molar-refractivity contribution in [1.82, 2.24) is 15.3 Å². The number of methoxy groups -OCH3 is 1. The van der Waals surface area contributed by atoms with Crippen molar-refractivity contribution in [3.05, 3.63) is 30.0 Å². The molecule has 0 saturated carbocycles. The number of benzene rings is 1. The van der Waals surface area contributed by atoms with E-state index in [9.17, 15) is 13.6 Å². The van der Waals surface area contributed by atoms with E-state index >= 15 is 0 Å². The van der Waals surface area contributed by atoms with Crippen LogP contribution in [-0.4, -0.2) is 41.7 Å². The maximum absolute atomic E-state index is 13.8. The molecule has 1 aliphatic rings. The van der Waals surface area contributed by atoms with Crippen LogP contribution in [0.4, 0.5) is 8.78 Å². The summed E-state index contributed by atoms with van der Waals surface area (Å²) >= 11 is 2.31. The lowest BCUT2D eigenvalue weighted by atomic mass is 10.2. The van der Waals surface area contributed by atoms with Crippen molar-refractivity contribution >= 4 is 32.9 Å². The third-order valence-electron chi connectivity index (χ3n) is 3.66. The standard InChI is InChI=1S/C15H14BrF2N3O3/c1-23-14(22)11-6-8(7-19-11)24-13-12(15(16,17)18)20-9-4-2-3-5-10(9)21-13/h2-5,8,11,19H,6-7H2,1H3/t8-,11+/m1/s1. The third kappa shape index (κ3) is 3.46. The second-order valence-electron chi connectivity index (χ2n) is 5.32. The Kier molecular flexibility index (Phi) is 4.64. The molecule has 1 aromatic carbocycles. The monoisotopic (exact) mass is 401 g/mol. The summed E-state index contributed by atoms with van der Waals surface area (Å²) in [4.78, 5) is 16.3. The summed E-state index contributed by atoms with van der Waals surface area (Å²) in [6, 6.07) is 6.15. The predicted octanol–water partition coefficient (Wildman–Crippen LogP) is 2.36. The smallest absolute Gasteiger partial charge is 0.348 e. The molecule has 9 heteroatoms. The first kappa shape index (κ1) is 17.0. The fourth-order valence-electron chi connectivity index (χ4n) is 2.52. The van der Waals surface area contributed by atoms with Crippen molar-refractivity contribution in [2.24, 2.45) is 0 Å². The van der Waals surface area contributed by atoms with E-state index in [-0.39, 0.29) is 5.88 Å². The second kappa shape index (κ2) is 6.56. The zero-order chi connectivity index (χ0) is 17.3. The van der Waals surface area contributed by atoms with Gasteiger partial charge in [0.05, 0.1) is 18.1 Å². The van der Waals surface area contributed by atoms with Gasteiger partial charge < -0.3 is 14.8 Å². The lowest BCUT2D eigenvalue weighted by molar-refractivity contribution is -0.142. The van der Waals surface area contributed by atoms with Crippen molar-refractivity contribution in [2.45, 2.75) is 23.4 Å². The molecule has 0 amide bonds. The summed E-state index contributed by atoms with van der Waals surface area (Å²) in [6.07, 6.45) is -0.188. The average molecular weight is 402 g/mol. The van der Waals surface area contributed by atoms with E-state index in [0.29, 0.717) is 24.0 Å². The molecule has 1 aliphatic heterocycles. The zero-order valence-electron chi connectivity index (χ0n) is 12.6. The van der Waals surface area contributed by atoms with Crippen LogP contribution in [0.15, 0.2) is 24.3 Å². The van der Waals surface area contributed by atoms with Gasteiger partial charge in [0.1, 0.15) is 12.1 Å². The van der Waals surface area contributed by atoms with Gasteiger partial charge in [-0.2, -0.15) is 8.78 Å². The maximum Gasteiger partial charge on any atom is 0.348 e. The molecule has 0 unspecified atom stereocenters. The van der Waals surface area contributed by atoms with Crippen molar-refractivity contribution in [1.29, 1.82) is 0 Å². The first-order chi connectivity index (χ1) is 11.4. The van der Waals surface area contributed by atoms with Crippen LogP contribution in [0.1, 0.15) is 12.1 Å². The second-order valence-corrected chi connectivity index (χ2v) is 6.32. The Morgan fingerprint density at radius 2 is 2.00 bits per heavy atom. The van der Waals surface area contributed by atoms with Gasteiger partial charge in [-0.1, -0.05) is 12.1 Å². The molecule has 1 saturated heterocycles. The van der Waals surface area contributed by atoms with Gasteiger partial charge in [-0.3, -0.25) is 4.79 Å². The van der Waals surface area contributed by atoms with Gasteiger partial charge in [-0.05, 0) is 28.1 Å². The Balaban J connectivity index is 1.89. The molecule has 3 rings (SSSR count). The maximum atomic E-state index is 13.8. The van der Waals surface area contributed by atoms with E-state index < -0.39 is 28.6 Å². The minimum Gasteiger partial charge on any atom is -0.471 e. The highest BCUT2D eigenvalue weighted by molar-refractivity contribution is 9.09. The zero-order valence-corrected chi connectivity index (χ0v) is 14.2. The van der Waals surface area contributed by atoms with Crippen LogP contribution in [0.2, 0.25) is 0 Å². The number of carbonyl (C=O) groups excluding carboxylic acids is 1. The molecule has 0 bridgehead atoms. The van der Waals surface area contributed by atoms with Gasteiger partial charge in [0.15, 0.2) is 5.69 Å². The van der Waals surface area contributed by atoms with Crippen LogP contribution in [-0.2, 0) is 14.4 Å². The van der Waals surface area contributed by atoms with Crippen molar-refractivity contribution in [2.75, 3.05) is 13.7 Å². The van der Waals surface area contributed by atoms with Crippen LogP contribution in [0.3, 0.4) is 0 Å². The quantitative estimate of drug-likeness (QED) is 0.626. The number of ether oxygens (including phenoxy) is 2. The average Bonchev–Trinajstić information content (AvgIpc) is 3.01. The molecule has 0 spiro atoms. The topological polar surface area (TPSA) is 73.3 Å². The van der Waals surface area contributed by atoms with E-state index in [2.05, 4.69) is 36.0 Å². The van der Waals surface area contributed by atoms with Crippen LogP contribution in [0.5, 0.6) is 5.88 Å². The lowest BCUT2D eigenvalue weighted by Crippen LogP contribution is -2.31. The van der Waals surface area contributed by atoms with Gasteiger partial charge >= 0.3 is 10.8 Å². The summed E-state index contributed by atoms with van der Waals surface area (Å²) in [5.41, 5.74) is 0.196. The number of nitrogens with one attached hydrogen (secondary N) is 1. The summed E-state index contributed by atoms with van der Waals surface area (Å²) in [7, 11) is 1.29. The number of alkyl halides is 3.